The number of aryl methyl sites for hydroxylation is 2. The zero-order chi connectivity index (χ0) is 23.0. The number of fused-ring (bicyclic) bond motifs is 2. The van der Waals surface area contributed by atoms with Crippen LogP contribution in [0.2, 0.25) is 0 Å². The number of aromatic nitrogens is 6. The van der Waals surface area contributed by atoms with Crippen molar-refractivity contribution in [3.05, 3.63) is 67.0 Å². The molecule has 166 valence electrons. The first-order valence-corrected chi connectivity index (χ1v) is 10.3. The van der Waals surface area contributed by atoms with Gasteiger partial charge >= 0.3 is 11.7 Å². The van der Waals surface area contributed by atoms with Crippen LogP contribution in [0.5, 0.6) is 0 Å². The molecule has 1 aromatic carbocycles. The smallest absolute Gasteiger partial charge is 0.357 e. The van der Waals surface area contributed by atoms with E-state index in [9.17, 15) is 24.3 Å². The number of carboxylic acid groups (broad SMARTS) is 1. The highest BCUT2D eigenvalue weighted by molar-refractivity contribution is 6.01. The van der Waals surface area contributed by atoms with Crippen LogP contribution in [-0.4, -0.2) is 40.0 Å². The summed E-state index contributed by atoms with van der Waals surface area (Å²) in [5.74, 6) is -0.936. The molecule has 4 aromatic rings. The molecule has 0 aliphatic rings. The first-order chi connectivity index (χ1) is 15.4. The molecular formula is C21H22N6O5. The molecule has 4 rings (SSSR count). The molecule has 0 aliphatic carbocycles. The van der Waals surface area contributed by atoms with Crippen molar-refractivity contribution in [1.82, 2.24) is 28.9 Å². The van der Waals surface area contributed by atoms with E-state index in [0.29, 0.717) is 18.9 Å². The van der Waals surface area contributed by atoms with E-state index in [1.54, 1.807) is 16.7 Å². The Balaban J connectivity index is 1.95. The predicted molar refractivity (Wildman–Crippen MR) is 117 cm³/mol. The standard InChI is InChI=1S/C21H22N6O5/c1-3-5-10-26-17-16(18(28)23-21(26)32)25(4-2)14(22-17)11-27-19(29)13-9-7-6-8-12(13)15(24-27)20(30)31/h6-9H,3-5,10-11H2,1-2H3,(H,30,31)(H,23,28,32). The summed E-state index contributed by atoms with van der Waals surface area (Å²) in [7, 11) is 0. The predicted octanol–water partition coefficient (Wildman–Crippen LogP) is 1.16. The van der Waals surface area contributed by atoms with Crippen molar-refractivity contribution in [2.24, 2.45) is 0 Å². The zero-order valence-electron chi connectivity index (χ0n) is 17.7. The summed E-state index contributed by atoms with van der Waals surface area (Å²) in [4.78, 5) is 56.5. The van der Waals surface area contributed by atoms with Gasteiger partial charge in [-0.2, -0.15) is 5.10 Å². The molecule has 0 amide bonds. The van der Waals surface area contributed by atoms with Gasteiger partial charge in [0.25, 0.3) is 11.1 Å². The molecule has 0 radical (unpaired) electrons. The van der Waals surface area contributed by atoms with E-state index < -0.39 is 22.8 Å². The number of hydrogen-bond acceptors (Lipinski definition) is 6. The van der Waals surface area contributed by atoms with Crippen molar-refractivity contribution in [3.63, 3.8) is 0 Å². The number of nitrogens with zero attached hydrogens (tertiary/aromatic N) is 5. The highest BCUT2D eigenvalue weighted by atomic mass is 16.4. The largest absolute Gasteiger partial charge is 0.476 e. The van der Waals surface area contributed by atoms with Gasteiger partial charge in [0.1, 0.15) is 12.4 Å². The first-order valence-electron chi connectivity index (χ1n) is 10.3. The number of H-pyrrole nitrogens is 1. The van der Waals surface area contributed by atoms with Crippen molar-refractivity contribution in [1.29, 1.82) is 0 Å². The van der Waals surface area contributed by atoms with Gasteiger partial charge in [0.2, 0.25) is 0 Å². The number of aromatic carboxylic acids is 1. The lowest BCUT2D eigenvalue weighted by Gasteiger charge is -2.10. The minimum absolute atomic E-state index is 0.159. The second kappa shape index (κ2) is 8.25. The number of benzene rings is 1. The van der Waals surface area contributed by atoms with Gasteiger partial charge in [0, 0.05) is 18.5 Å². The Bertz CT molecular complexity index is 1520. The number of rotatable bonds is 7. The summed E-state index contributed by atoms with van der Waals surface area (Å²) in [6, 6.07) is 6.36. The normalized spacial score (nSPS) is 11.4. The van der Waals surface area contributed by atoms with Crippen LogP contribution in [0.25, 0.3) is 21.9 Å². The van der Waals surface area contributed by atoms with E-state index in [-0.39, 0.29) is 34.2 Å². The molecule has 0 aliphatic heterocycles. The van der Waals surface area contributed by atoms with Crippen molar-refractivity contribution in [2.75, 3.05) is 0 Å². The van der Waals surface area contributed by atoms with Gasteiger partial charge in [-0.05, 0) is 19.4 Å². The molecule has 0 spiro atoms. The summed E-state index contributed by atoms with van der Waals surface area (Å²) in [5.41, 5.74) is -1.38. The Hall–Kier alpha value is -4.02. The molecule has 11 heteroatoms. The lowest BCUT2D eigenvalue weighted by atomic mass is 10.1. The second-order valence-electron chi connectivity index (χ2n) is 7.37. The maximum Gasteiger partial charge on any atom is 0.357 e. The van der Waals surface area contributed by atoms with Gasteiger partial charge in [-0.1, -0.05) is 31.5 Å². The van der Waals surface area contributed by atoms with Crippen LogP contribution in [0.1, 0.15) is 43.0 Å². The van der Waals surface area contributed by atoms with Crippen LogP contribution in [0.4, 0.5) is 0 Å². The molecule has 3 heterocycles. The first kappa shape index (κ1) is 21.2. The maximum atomic E-state index is 13.0. The van der Waals surface area contributed by atoms with Crippen molar-refractivity contribution < 1.29 is 9.90 Å². The van der Waals surface area contributed by atoms with Crippen molar-refractivity contribution in [2.45, 2.75) is 46.3 Å². The Morgan fingerprint density at radius 2 is 1.81 bits per heavy atom. The number of carboxylic acids is 1. The van der Waals surface area contributed by atoms with Crippen LogP contribution >= 0.6 is 0 Å². The molecule has 0 saturated carbocycles. The van der Waals surface area contributed by atoms with Gasteiger partial charge in [-0.15, -0.1) is 0 Å². The Morgan fingerprint density at radius 1 is 1.09 bits per heavy atom. The fraction of sp³-hybridized carbons (Fsp3) is 0.333. The summed E-state index contributed by atoms with van der Waals surface area (Å²) in [6.45, 7) is 4.38. The molecule has 11 nitrogen and oxygen atoms in total. The topological polar surface area (TPSA) is 145 Å². The van der Waals surface area contributed by atoms with Gasteiger partial charge < -0.3 is 9.67 Å². The van der Waals surface area contributed by atoms with E-state index in [2.05, 4.69) is 15.1 Å². The lowest BCUT2D eigenvalue weighted by Crippen LogP contribution is -2.31. The van der Waals surface area contributed by atoms with Crippen LogP contribution in [-0.2, 0) is 19.6 Å². The Kier molecular flexibility index (Phi) is 5.47. The molecule has 32 heavy (non-hydrogen) atoms. The van der Waals surface area contributed by atoms with E-state index >= 15 is 0 Å². The fourth-order valence-electron chi connectivity index (χ4n) is 3.84. The van der Waals surface area contributed by atoms with Crippen LogP contribution in [0.15, 0.2) is 38.6 Å². The summed E-state index contributed by atoms with van der Waals surface area (Å²) >= 11 is 0. The number of unbranched alkanes of at least 4 members (excludes halogenated alkanes) is 1. The SMILES string of the molecule is CCCCn1c(=O)[nH]c(=O)c2c1nc(Cn1nc(C(=O)O)c3ccccc3c1=O)n2CC. The zero-order valence-corrected chi connectivity index (χ0v) is 17.7. The summed E-state index contributed by atoms with van der Waals surface area (Å²) < 4.78 is 4.05. The number of hydrogen-bond donors (Lipinski definition) is 2. The van der Waals surface area contributed by atoms with Gasteiger partial charge in [-0.25, -0.2) is 19.3 Å². The molecule has 0 saturated heterocycles. The van der Waals surface area contributed by atoms with E-state index in [4.69, 9.17) is 0 Å². The average molecular weight is 438 g/mol. The number of imidazole rings is 1. The van der Waals surface area contributed by atoms with E-state index in [1.165, 1.54) is 16.7 Å². The fourth-order valence-corrected chi connectivity index (χ4v) is 3.84. The molecule has 0 unspecified atom stereocenters. The van der Waals surface area contributed by atoms with E-state index in [0.717, 1.165) is 17.5 Å². The van der Waals surface area contributed by atoms with Crippen LogP contribution < -0.4 is 16.8 Å². The van der Waals surface area contributed by atoms with Crippen LogP contribution in [0.3, 0.4) is 0 Å². The quantitative estimate of drug-likeness (QED) is 0.440. The van der Waals surface area contributed by atoms with Crippen molar-refractivity contribution in [3.8, 4) is 0 Å². The average Bonchev–Trinajstić information content (AvgIpc) is 3.13. The van der Waals surface area contributed by atoms with Gasteiger partial charge in [-0.3, -0.25) is 19.1 Å². The number of nitrogens with one attached hydrogen (secondary N) is 1. The molecule has 0 bridgehead atoms. The van der Waals surface area contributed by atoms with Gasteiger partial charge in [0.15, 0.2) is 16.9 Å². The molecule has 0 fully saturated rings. The van der Waals surface area contributed by atoms with Gasteiger partial charge in [0.05, 0.1) is 5.39 Å². The lowest BCUT2D eigenvalue weighted by molar-refractivity contribution is 0.0690. The highest BCUT2D eigenvalue weighted by Gasteiger charge is 2.21. The van der Waals surface area contributed by atoms with Crippen molar-refractivity contribution >= 4 is 27.9 Å². The summed E-state index contributed by atoms with van der Waals surface area (Å²) in [5, 5.41) is 14.1. The Labute approximate surface area is 180 Å². The third kappa shape index (κ3) is 3.41. The third-order valence-corrected chi connectivity index (χ3v) is 5.38. The van der Waals surface area contributed by atoms with Crippen LogP contribution in [0, 0.1) is 0 Å². The number of aromatic amines is 1. The van der Waals surface area contributed by atoms with E-state index in [1.807, 2.05) is 13.8 Å². The second-order valence-corrected chi connectivity index (χ2v) is 7.37. The Morgan fingerprint density at radius 3 is 2.47 bits per heavy atom. The number of carbonyl (C=O) groups is 1. The minimum atomic E-state index is -1.26. The third-order valence-electron chi connectivity index (χ3n) is 5.38. The maximum absolute atomic E-state index is 13.0. The molecule has 0 atom stereocenters. The highest BCUT2D eigenvalue weighted by Crippen LogP contribution is 2.16. The minimum Gasteiger partial charge on any atom is -0.476 e. The molecule has 2 N–H and O–H groups in total. The molecular weight excluding hydrogens is 416 g/mol. The molecule has 3 aromatic heterocycles. The monoisotopic (exact) mass is 438 g/mol. The summed E-state index contributed by atoms with van der Waals surface area (Å²) in [6.07, 6.45) is 1.58.